The maximum absolute atomic E-state index is 13.8. The van der Waals surface area contributed by atoms with Gasteiger partial charge in [0.25, 0.3) is 5.09 Å². The van der Waals surface area contributed by atoms with Crippen LogP contribution in [0.3, 0.4) is 0 Å². The summed E-state index contributed by atoms with van der Waals surface area (Å²) in [5, 5.41) is 9.42. The summed E-state index contributed by atoms with van der Waals surface area (Å²) in [7, 11) is 1.56. The van der Waals surface area contributed by atoms with Crippen molar-refractivity contribution in [1.82, 2.24) is 9.97 Å². The third-order valence-corrected chi connectivity index (χ3v) is 6.98. The second-order valence-corrected chi connectivity index (χ2v) is 10.2. The van der Waals surface area contributed by atoms with E-state index in [1.165, 1.54) is 0 Å². The summed E-state index contributed by atoms with van der Waals surface area (Å²) in [4.78, 5) is 37.2. The average Bonchev–Trinajstić information content (AvgIpc) is 2.98. The molecule has 10 nitrogen and oxygen atoms in total. The monoisotopic (exact) mass is 579 g/mol. The fraction of sp³-hybridized carbons (Fsp3) is 0.469. The Morgan fingerprint density at radius 1 is 0.810 bits per heavy atom. The number of carbonyl (C=O) groups excluding carboxylic acids is 1. The van der Waals surface area contributed by atoms with E-state index in [0.29, 0.717) is 12.8 Å². The zero-order chi connectivity index (χ0) is 30.2. The molecule has 2 aromatic carbocycles. The first-order valence-corrected chi connectivity index (χ1v) is 14.5. The third-order valence-electron chi connectivity index (χ3n) is 6.98. The number of methoxy groups -OCH3 is 1. The van der Waals surface area contributed by atoms with Crippen LogP contribution in [0.2, 0.25) is 0 Å². The van der Waals surface area contributed by atoms with Crippen molar-refractivity contribution < 1.29 is 28.9 Å². The van der Waals surface area contributed by atoms with Gasteiger partial charge in [-0.1, -0.05) is 99.2 Å². The van der Waals surface area contributed by atoms with Gasteiger partial charge in [-0.25, -0.2) is 14.8 Å². The van der Waals surface area contributed by atoms with Crippen molar-refractivity contribution >= 4 is 5.97 Å². The predicted molar refractivity (Wildman–Crippen MR) is 157 cm³/mol. The lowest BCUT2D eigenvalue weighted by atomic mass is 9.81. The molecule has 0 radical (unpaired) electrons. The van der Waals surface area contributed by atoms with E-state index in [4.69, 9.17) is 14.2 Å². The molecule has 0 unspecified atom stereocenters. The summed E-state index contributed by atoms with van der Waals surface area (Å²) in [5.74, 6) is -0.566. The van der Waals surface area contributed by atoms with Crippen LogP contribution in [0.15, 0.2) is 66.7 Å². The Morgan fingerprint density at radius 2 is 1.29 bits per heavy atom. The molecular weight excluding hydrogens is 538 g/mol. The largest absolute Gasteiger partial charge is 0.463 e. The van der Waals surface area contributed by atoms with Crippen molar-refractivity contribution in [3.05, 3.63) is 99.4 Å². The van der Waals surface area contributed by atoms with E-state index in [1.807, 2.05) is 80.6 Å². The summed E-state index contributed by atoms with van der Waals surface area (Å²) in [6, 6.07) is 20.9. The summed E-state index contributed by atoms with van der Waals surface area (Å²) in [6.45, 7) is 4.08. The van der Waals surface area contributed by atoms with E-state index < -0.39 is 22.8 Å². The van der Waals surface area contributed by atoms with E-state index in [9.17, 15) is 14.9 Å². The van der Waals surface area contributed by atoms with Crippen LogP contribution in [-0.4, -0.2) is 47.5 Å². The molecule has 1 atom stereocenters. The Labute approximate surface area is 247 Å². The number of unbranched alkanes of at least 4 members (excludes halogenated alkanes) is 7. The number of esters is 1. The average molecular weight is 580 g/mol. The highest BCUT2D eigenvalue weighted by Crippen LogP contribution is 2.39. The molecule has 1 heterocycles. The normalized spacial score (nSPS) is 12.0. The molecule has 0 saturated carbocycles. The van der Waals surface area contributed by atoms with Gasteiger partial charge >= 0.3 is 12.0 Å². The third kappa shape index (κ3) is 9.51. The second kappa shape index (κ2) is 17.0. The SMILES string of the molecule is COC(c1ccccc1)(c1ccccc1)[C@H](Oc1nc(C)cc(C)n1)C(=O)OCCCCCCCCCCO[N+](=O)[O-]. The van der Waals surface area contributed by atoms with Crippen molar-refractivity contribution in [2.45, 2.75) is 76.9 Å². The van der Waals surface area contributed by atoms with Crippen LogP contribution in [-0.2, 0) is 24.7 Å². The van der Waals surface area contributed by atoms with Crippen LogP contribution in [0.4, 0.5) is 0 Å². The minimum absolute atomic E-state index is 0.0766. The van der Waals surface area contributed by atoms with Crippen molar-refractivity contribution in [2.75, 3.05) is 20.3 Å². The summed E-state index contributed by atoms with van der Waals surface area (Å²) in [6.07, 6.45) is 6.10. The highest BCUT2D eigenvalue weighted by Gasteiger charge is 2.50. The Balaban J connectivity index is 1.69. The maximum Gasteiger partial charge on any atom is 0.351 e. The Morgan fingerprint density at radius 3 is 1.76 bits per heavy atom. The van der Waals surface area contributed by atoms with Gasteiger partial charge in [0.05, 0.1) is 13.2 Å². The van der Waals surface area contributed by atoms with Crippen LogP contribution < -0.4 is 4.74 Å². The summed E-state index contributed by atoms with van der Waals surface area (Å²) in [5.41, 5.74) is 1.57. The lowest BCUT2D eigenvalue weighted by Crippen LogP contribution is -2.51. The molecule has 1 aromatic heterocycles. The van der Waals surface area contributed by atoms with Gasteiger partial charge in [-0.3, -0.25) is 0 Å². The van der Waals surface area contributed by atoms with Gasteiger partial charge < -0.3 is 19.0 Å². The van der Waals surface area contributed by atoms with Crippen molar-refractivity contribution in [2.24, 2.45) is 0 Å². The molecule has 42 heavy (non-hydrogen) atoms. The highest BCUT2D eigenvalue weighted by molar-refractivity contribution is 5.78. The Hall–Kier alpha value is -4.05. The molecule has 0 spiro atoms. The molecule has 0 aliphatic heterocycles. The van der Waals surface area contributed by atoms with Crippen LogP contribution >= 0.6 is 0 Å². The van der Waals surface area contributed by atoms with Crippen molar-refractivity contribution in [1.29, 1.82) is 0 Å². The smallest absolute Gasteiger partial charge is 0.351 e. The Kier molecular flexibility index (Phi) is 13.2. The topological polar surface area (TPSA) is 123 Å². The molecule has 0 amide bonds. The fourth-order valence-corrected chi connectivity index (χ4v) is 4.98. The molecule has 226 valence electrons. The fourth-order valence-electron chi connectivity index (χ4n) is 4.98. The van der Waals surface area contributed by atoms with Crippen LogP contribution in [0.1, 0.15) is 73.9 Å². The van der Waals surface area contributed by atoms with E-state index in [-0.39, 0.29) is 19.2 Å². The first-order valence-electron chi connectivity index (χ1n) is 14.5. The van der Waals surface area contributed by atoms with Crippen LogP contribution in [0, 0.1) is 24.0 Å². The standard InChI is InChI=1S/C32H41N3O7/c1-25-24-26(2)34-31(33-25)42-29(30(36)40-22-16-8-6-4-5-7-9-17-23-41-35(37)38)32(39-3,27-18-12-10-13-19-27)28-20-14-11-15-21-28/h10-15,18-21,24,29H,4-9,16-17,22-23H2,1-3H3/t29-/m1/s1. The molecule has 3 rings (SSSR count). The molecule has 0 N–H and O–H groups in total. The zero-order valence-corrected chi connectivity index (χ0v) is 24.7. The maximum atomic E-state index is 13.8. The molecule has 0 aliphatic rings. The minimum Gasteiger partial charge on any atom is -0.463 e. The minimum atomic E-state index is -1.33. The van der Waals surface area contributed by atoms with Crippen molar-refractivity contribution in [3.8, 4) is 6.01 Å². The lowest BCUT2D eigenvalue weighted by Gasteiger charge is -2.38. The second-order valence-electron chi connectivity index (χ2n) is 10.2. The predicted octanol–water partition coefficient (Wildman–Crippen LogP) is 6.30. The number of aryl methyl sites for hydroxylation is 2. The number of aromatic nitrogens is 2. The first-order chi connectivity index (χ1) is 20.4. The molecule has 0 aliphatic carbocycles. The number of ether oxygens (including phenoxy) is 3. The highest BCUT2D eigenvalue weighted by atomic mass is 16.9. The van der Waals surface area contributed by atoms with Gasteiger partial charge in [0.1, 0.15) is 0 Å². The van der Waals surface area contributed by atoms with Gasteiger partial charge in [0.2, 0.25) is 6.10 Å². The number of carbonyl (C=O) groups is 1. The Bertz CT molecular complexity index is 1180. The zero-order valence-electron chi connectivity index (χ0n) is 24.7. The summed E-state index contributed by atoms with van der Waals surface area (Å²) < 4.78 is 18.3. The number of hydrogen-bond acceptors (Lipinski definition) is 9. The van der Waals surface area contributed by atoms with E-state index in [1.54, 1.807) is 7.11 Å². The van der Waals surface area contributed by atoms with Crippen LogP contribution in [0.25, 0.3) is 0 Å². The molecule has 3 aromatic rings. The number of benzene rings is 2. The molecular formula is C32H41N3O7. The van der Waals surface area contributed by atoms with Gasteiger partial charge in [0, 0.05) is 18.5 Å². The van der Waals surface area contributed by atoms with Crippen LogP contribution in [0.5, 0.6) is 6.01 Å². The quantitative estimate of drug-likeness (QED) is 0.0696. The van der Waals surface area contributed by atoms with Gasteiger partial charge in [-0.05, 0) is 43.9 Å². The number of hydrogen-bond donors (Lipinski definition) is 0. The molecule has 0 bridgehead atoms. The molecule has 0 fully saturated rings. The molecule has 10 heteroatoms. The van der Waals surface area contributed by atoms with Gasteiger partial charge in [0.15, 0.2) is 5.60 Å². The lowest BCUT2D eigenvalue weighted by molar-refractivity contribution is -0.757. The molecule has 0 saturated heterocycles. The van der Waals surface area contributed by atoms with E-state index in [2.05, 4.69) is 14.8 Å². The van der Waals surface area contributed by atoms with Gasteiger partial charge in [-0.2, -0.15) is 0 Å². The van der Waals surface area contributed by atoms with E-state index >= 15 is 0 Å². The van der Waals surface area contributed by atoms with Crippen molar-refractivity contribution in [3.63, 3.8) is 0 Å². The number of rotatable bonds is 19. The van der Waals surface area contributed by atoms with Gasteiger partial charge in [-0.15, -0.1) is 10.1 Å². The van der Waals surface area contributed by atoms with E-state index in [0.717, 1.165) is 61.0 Å². The number of nitrogens with zero attached hydrogens (tertiary/aromatic N) is 3. The first kappa shape index (κ1) is 32.5. The summed E-state index contributed by atoms with van der Waals surface area (Å²) >= 11 is 0.